The number of hydrogen-bond acceptors (Lipinski definition) is 3. The van der Waals surface area contributed by atoms with Gasteiger partial charge < -0.3 is 5.11 Å². The molecule has 2 N–H and O–H groups in total. The molecule has 4 nitrogen and oxygen atoms in total. The van der Waals surface area contributed by atoms with Gasteiger partial charge in [0.15, 0.2) is 0 Å². The van der Waals surface area contributed by atoms with Gasteiger partial charge in [-0.1, -0.05) is 42.5 Å². The number of aliphatic hydroxyl groups is 1. The third kappa shape index (κ3) is 3.08. The molecule has 2 aromatic carbocycles. The fraction of sp³-hybridized carbons (Fsp3) is 0.250. The Morgan fingerprint density at radius 1 is 1.12 bits per heavy atom. The summed E-state index contributed by atoms with van der Waals surface area (Å²) in [6.07, 6.45) is 2.26. The van der Waals surface area contributed by atoms with E-state index in [1.807, 2.05) is 30.5 Å². The van der Waals surface area contributed by atoms with Gasteiger partial charge in [-0.3, -0.25) is 10.00 Å². The maximum absolute atomic E-state index is 14.3. The average molecular weight is 337 g/mol. The minimum atomic E-state index is -0.324. The smallest absolute Gasteiger partial charge is 0.132 e. The Morgan fingerprint density at radius 3 is 2.60 bits per heavy atom. The number of H-pyrrole nitrogens is 1. The molecule has 5 heteroatoms. The van der Waals surface area contributed by atoms with E-state index in [9.17, 15) is 9.50 Å². The second-order valence-corrected chi connectivity index (χ2v) is 6.42. The van der Waals surface area contributed by atoms with Gasteiger partial charge in [0.2, 0.25) is 0 Å². The van der Waals surface area contributed by atoms with Gasteiger partial charge in [0.25, 0.3) is 0 Å². The van der Waals surface area contributed by atoms with Crippen LogP contribution in [0, 0.1) is 5.82 Å². The number of nitrogens with one attached hydrogen (secondary N) is 1. The molecule has 0 spiro atoms. The molecule has 0 saturated carbocycles. The summed E-state index contributed by atoms with van der Waals surface area (Å²) < 4.78 is 14.3. The molecular formula is C20H20FN3O. The highest BCUT2D eigenvalue weighted by Crippen LogP contribution is 2.37. The average Bonchev–Trinajstić information content (AvgIpc) is 3.27. The highest BCUT2D eigenvalue weighted by Gasteiger charge is 2.32. The molecule has 2 unspecified atom stereocenters. The molecule has 128 valence electrons. The van der Waals surface area contributed by atoms with Crippen molar-refractivity contribution in [2.75, 3.05) is 13.1 Å². The topological polar surface area (TPSA) is 52.1 Å². The summed E-state index contributed by atoms with van der Waals surface area (Å²) in [7, 11) is 0. The number of aliphatic hydroxyl groups excluding tert-OH is 1. The van der Waals surface area contributed by atoms with Crippen LogP contribution in [0.25, 0.3) is 11.3 Å². The highest BCUT2D eigenvalue weighted by molar-refractivity contribution is 5.65. The van der Waals surface area contributed by atoms with E-state index in [1.165, 1.54) is 6.07 Å². The van der Waals surface area contributed by atoms with Crippen LogP contribution in [-0.2, 0) is 0 Å². The van der Waals surface area contributed by atoms with Gasteiger partial charge in [0.05, 0.1) is 12.1 Å². The van der Waals surface area contributed by atoms with Gasteiger partial charge in [-0.2, -0.15) is 5.10 Å². The first-order chi connectivity index (χ1) is 12.2. The van der Waals surface area contributed by atoms with Crippen LogP contribution in [-0.4, -0.2) is 39.4 Å². The van der Waals surface area contributed by atoms with Crippen molar-refractivity contribution in [3.05, 3.63) is 77.7 Å². The lowest BCUT2D eigenvalue weighted by Gasteiger charge is -2.28. The molecule has 0 bridgehead atoms. The maximum Gasteiger partial charge on any atom is 0.132 e. The number of benzene rings is 2. The van der Waals surface area contributed by atoms with Gasteiger partial charge in [-0.15, -0.1) is 0 Å². The van der Waals surface area contributed by atoms with Crippen molar-refractivity contribution >= 4 is 0 Å². The summed E-state index contributed by atoms with van der Waals surface area (Å²) in [5.41, 5.74) is 3.13. The highest BCUT2D eigenvalue weighted by atomic mass is 19.1. The molecule has 1 aliphatic rings. The summed E-state index contributed by atoms with van der Waals surface area (Å²) in [5.74, 6) is -0.288. The molecule has 2 heterocycles. The maximum atomic E-state index is 14.3. The molecule has 3 aromatic rings. The number of aromatic nitrogens is 2. The summed E-state index contributed by atoms with van der Waals surface area (Å²) in [6.45, 7) is 1.39. The molecule has 1 aliphatic heterocycles. The Kier molecular flexibility index (Phi) is 4.34. The molecule has 0 amide bonds. The van der Waals surface area contributed by atoms with Gasteiger partial charge in [0, 0.05) is 30.4 Å². The Balaban J connectivity index is 1.82. The van der Waals surface area contributed by atoms with Gasteiger partial charge >= 0.3 is 0 Å². The van der Waals surface area contributed by atoms with E-state index in [0.29, 0.717) is 17.8 Å². The lowest BCUT2D eigenvalue weighted by Crippen LogP contribution is -2.28. The van der Waals surface area contributed by atoms with Crippen LogP contribution in [0.15, 0.2) is 60.8 Å². The second kappa shape index (κ2) is 6.78. The summed E-state index contributed by atoms with van der Waals surface area (Å²) >= 11 is 0. The van der Waals surface area contributed by atoms with E-state index in [1.54, 1.807) is 12.1 Å². The number of β-amino-alcohol motifs (C(OH)–C–C–N with tert-alkyl or cyclic N) is 1. The third-order valence-electron chi connectivity index (χ3n) is 4.77. The van der Waals surface area contributed by atoms with Crippen LogP contribution in [0.3, 0.4) is 0 Å². The monoisotopic (exact) mass is 337 g/mol. The van der Waals surface area contributed by atoms with Crippen molar-refractivity contribution in [3.63, 3.8) is 0 Å². The van der Waals surface area contributed by atoms with Crippen LogP contribution in [0.2, 0.25) is 0 Å². The standard InChI is InChI=1S/C20H20FN3O/c21-18-9-5-4-8-16(18)19-17(12-22-23-19)20(14-6-2-1-3-7-14)24-11-10-15(25)13-24/h1-9,12,15,20,25H,10-11,13H2,(H,22,23). The van der Waals surface area contributed by atoms with Crippen LogP contribution in [0.5, 0.6) is 0 Å². The van der Waals surface area contributed by atoms with Crippen LogP contribution < -0.4 is 0 Å². The zero-order valence-corrected chi connectivity index (χ0v) is 13.8. The van der Waals surface area contributed by atoms with Crippen molar-refractivity contribution in [2.45, 2.75) is 18.6 Å². The van der Waals surface area contributed by atoms with Crippen LogP contribution >= 0.6 is 0 Å². The normalized spacial score (nSPS) is 19.2. The van der Waals surface area contributed by atoms with Crippen molar-refractivity contribution in [2.24, 2.45) is 0 Å². The Morgan fingerprint density at radius 2 is 1.88 bits per heavy atom. The van der Waals surface area contributed by atoms with Crippen molar-refractivity contribution in [3.8, 4) is 11.3 Å². The number of aromatic amines is 1. The molecule has 2 atom stereocenters. The van der Waals surface area contributed by atoms with E-state index in [-0.39, 0.29) is 18.0 Å². The molecule has 4 rings (SSSR count). The van der Waals surface area contributed by atoms with E-state index in [4.69, 9.17) is 0 Å². The van der Waals surface area contributed by atoms with E-state index in [0.717, 1.165) is 24.1 Å². The Labute approximate surface area is 145 Å². The zero-order chi connectivity index (χ0) is 17.2. The fourth-order valence-corrected chi connectivity index (χ4v) is 3.60. The summed E-state index contributed by atoms with van der Waals surface area (Å²) in [5, 5.41) is 17.2. The lowest BCUT2D eigenvalue weighted by molar-refractivity contribution is 0.167. The molecule has 1 saturated heterocycles. The van der Waals surface area contributed by atoms with Crippen LogP contribution in [0.1, 0.15) is 23.6 Å². The minimum Gasteiger partial charge on any atom is -0.392 e. The molecule has 0 aliphatic carbocycles. The quantitative estimate of drug-likeness (QED) is 0.767. The number of halogens is 1. The fourth-order valence-electron chi connectivity index (χ4n) is 3.60. The Bertz CT molecular complexity index is 849. The first-order valence-electron chi connectivity index (χ1n) is 8.49. The molecular weight excluding hydrogens is 317 g/mol. The first kappa shape index (κ1) is 16.0. The number of hydrogen-bond donors (Lipinski definition) is 2. The van der Waals surface area contributed by atoms with Crippen molar-refractivity contribution in [1.82, 2.24) is 15.1 Å². The van der Waals surface area contributed by atoms with E-state index in [2.05, 4.69) is 27.2 Å². The first-order valence-corrected chi connectivity index (χ1v) is 8.49. The predicted octanol–water partition coefficient (Wildman–Crippen LogP) is 3.37. The van der Waals surface area contributed by atoms with Gasteiger partial charge in [0.1, 0.15) is 11.5 Å². The largest absolute Gasteiger partial charge is 0.392 e. The zero-order valence-electron chi connectivity index (χ0n) is 13.8. The number of rotatable bonds is 4. The number of nitrogens with zero attached hydrogens (tertiary/aromatic N) is 2. The van der Waals surface area contributed by atoms with E-state index >= 15 is 0 Å². The summed E-state index contributed by atoms with van der Waals surface area (Å²) in [6, 6.07) is 16.7. The predicted molar refractivity (Wildman–Crippen MR) is 94.5 cm³/mol. The SMILES string of the molecule is OC1CCN(C(c2ccccc2)c2c[nH]nc2-c2ccccc2F)C1. The molecule has 1 fully saturated rings. The van der Waals surface area contributed by atoms with Crippen molar-refractivity contribution < 1.29 is 9.50 Å². The van der Waals surface area contributed by atoms with E-state index < -0.39 is 0 Å². The minimum absolute atomic E-state index is 0.0771. The molecule has 1 aromatic heterocycles. The summed E-state index contributed by atoms with van der Waals surface area (Å²) in [4.78, 5) is 2.23. The van der Waals surface area contributed by atoms with Gasteiger partial charge in [-0.05, 0) is 24.1 Å². The molecule has 25 heavy (non-hydrogen) atoms. The van der Waals surface area contributed by atoms with Crippen molar-refractivity contribution in [1.29, 1.82) is 0 Å². The lowest BCUT2D eigenvalue weighted by atomic mass is 9.95. The second-order valence-electron chi connectivity index (χ2n) is 6.42. The van der Waals surface area contributed by atoms with Crippen LogP contribution in [0.4, 0.5) is 4.39 Å². The van der Waals surface area contributed by atoms with Gasteiger partial charge in [-0.25, -0.2) is 4.39 Å². The third-order valence-corrected chi connectivity index (χ3v) is 4.77. The molecule has 0 radical (unpaired) electrons. The number of likely N-dealkylation sites (tertiary alicyclic amines) is 1. The Hall–Kier alpha value is -2.50.